The molecule has 0 unspecified atom stereocenters. The Bertz CT molecular complexity index is 22.0. The van der Waals surface area contributed by atoms with Gasteiger partial charge in [0.05, 0.1) is 0 Å². The normalized spacial score (nSPS) is 0. The van der Waals surface area contributed by atoms with Crippen molar-refractivity contribution in [3.63, 3.8) is 0 Å². The van der Waals surface area contributed by atoms with Gasteiger partial charge in [-0.3, -0.25) is 0 Å². The molecule has 0 spiro atoms. The molecule has 0 aromatic carbocycles. The van der Waals surface area contributed by atoms with Gasteiger partial charge in [-0.25, -0.2) is 0 Å². The first kappa shape index (κ1) is 62.6. The predicted octanol–water partition coefficient (Wildman–Crippen LogP) is -1.35. The van der Waals surface area contributed by atoms with Crippen LogP contribution >= 0.6 is 0 Å². The van der Waals surface area contributed by atoms with Gasteiger partial charge in [0, 0.05) is 68.6 Å². The van der Waals surface area contributed by atoms with Crippen molar-refractivity contribution in [3.8, 4) is 0 Å². The van der Waals surface area contributed by atoms with Crippen molar-refractivity contribution in [2.45, 2.75) is 0 Å². The summed E-state index contributed by atoms with van der Waals surface area (Å²) < 4.78 is 0. The molecule has 0 aromatic rings. The zero-order chi connectivity index (χ0) is 0. The summed E-state index contributed by atoms with van der Waals surface area (Å²) >= 11 is 0. The minimum Gasteiger partial charge on any atom is -1.00 e. The van der Waals surface area contributed by atoms with E-state index in [0.717, 1.165) is 0 Å². The smallest absolute Gasteiger partial charge is 1.00 e. The molecule has 0 heterocycles. The van der Waals surface area contributed by atoms with Crippen LogP contribution in [0.15, 0.2) is 0 Å². The van der Waals surface area contributed by atoms with Gasteiger partial charge in [0.25, 0.3) is 0 Å². The average molecular weight is 284 g/mol. The van der Waals surface area contributed by atoms with Crippen LogP contribution in [0, 0.1) is 0 Å². The molecule has 0 bridgehead atoms. The Morgan fingerprint density at radius 1 is 1.17 bits per heavy atom. The summed E-state index contributed by atoms with van der Waals surface area (Å²) in [5, 5.41) is 0. The van der Waals surface area contributed by atoms with E-state index >= 15 is 0 Å². The van der Waals surface area contributed by atoms with E-state index in [4.69, 9.17) is 0 Å². The fraction of sp³-hybridized carbons (Fsp3) is 0. The molecular formula is H5CrCuFeMgMnSi. The topological polar surface area (TPSA) is 0 Å². The Balaban J connectivity index is 0. The molecule has 43 valence electrons. The third-order valence-electron chi connectivity index (χ3n) is 0. The number of hydrogen-bond donors (Lipinski definition) is 0. The average Bonchev–Trinajstić information content (AvgIpc) is 0. The summed E-state index contributed by atoms with van der Waals surface area (Å²) in [6, 6.07) is 0. The van der Waals surface area contributed by atoms with Gasteiger partial charge >= 0.3 is 23.1 Å². The molecule has 0 nitrogen and oxygen atoms in total. The molecule has 0 rings (SSSR count). The van der Waals surface area contributed by atoms with E-state index in [1.165, 1.54) is 0 Å². The standard InChI is InChI=1S/Cr.Cu.Fe.Mg.Mn.H3Si.2H/h;;;;;1H3;;/q;;;+2;;;2*-1. The Labute approximate surface area is 104 Å². The first-order valence-corrected chi connectivity index (χ1v) is 0. The van der Waals surface area contributed by atoms with Crippen LogP contribution in [-0.4, -0.2) is 34.0 Å². The Morgan fingerprint density at radius 3 is 1.17 bits per heavy atom. The summed E-state index contributed by atoms with van der Waals surface area (Å²) in [6.45, 7) is 0. The Morgan fingerprint density at radius 2 is 1.17 bits per heavy atom. The maximum absolute atomic E-state index is 0. The molecule has 0 amide bonds. The van der Waals surface area contributed by atoms with Gasteiger partial charge in [0.15, 0.2) is 0 Å². The van der Waals surface area contributed by atoms with E-state index < -0.39 is 0 Å². The van der Waals surface area contributed by atoms with Crippen LogP contribution in [0.2, 0.25) is 0 Å². The minimum atomic E-state index is 0. The third kappa shape index (κ3) is 27.6. The van der Waals surface area contributed by atoms with E-state index in [2.05, 4.69) is 0 Å². The van der Waals surface area contributed by atoms with Crippen LogP contribution in [0.3, 0.4) is 0 Å². The van der Waals surface area contributed by atoms with Crippen molar-refractivity contribution in [2.24, 2.45) is 0 Å². The third-order valence-corrected chi connectivity index (χ3v) is 0. The van der Waals surface area contributed by atoms with Gasteiger partial charge in [0.2, 0.25) is 0 Å². The molecule has 0 aromatic heterocycles. The molecule has 3 radical (unpaired) electrons. The van der Waals surface area contributed by atoms with Gasteiger partial charge in [0.1, 0.15) is 0 Å². The van der Waals surface area contributed by atoms with Crippen LogP contribution < -0.4 is 0 Å². The molecule has 6 heavy (non-hydrogen) atoms. The maximum atomic E-state index is 0. The predicted molar refractivity (Wildman–Crippen MR) is 17.9 cm³/mol. The van der Waals surface area contributed by atoms with E-state index in [9.17, 15) is 0 Å². The fourth-order valence-corrected chi connectivity index (χ4v) is 0. The van der Waals surface area contributed by atoms with Gasteiger partial charge in [-0.05, 0) is 11.0 Å². The first-order valence-electron chi connectivity index (χ1n) is 0. The first-order chi connectivity index (χ1) is 0. The second-order valence-electron chi connectivity index (χ2n) is 0. The van der Waals surface area contributed by atoms with Crippen LogP contribution in [0.4, 0.5) is 0 Å². The molecule has 0 fully saturated rings. The summed E-state index contributed by atoms with van der Waals surface area (Å²) in [5.74, 6) is 0. The van der Waals surface area contributed by atoms with Crippen LogP contribution in [-0.2, 0) is 68.6 Å². The van der Waals surface area contributed by atoms with Gasteiger partial charge < -0.3 is 2.85 Å². The molecule has 0 aliphatic heterocycles. The van der Waals surface area contributed by atoms with Crippen LogP contribution in [0.1, 0.15) is 2.85 Å². The van der Waals surface area contributed by atoms with Gasteiger partial charge in [-0.1, -0.05) is 0 Å². The summed E-state index contributed by atoms with van der Waals surface area (Å²) in [7, 11) is 0. The molecule has 6 heteroatoms. The van der Waals surface area contributed by atoms with Gasteiger partial charge in [-0.2, -0.15) is 0 Å². The van der Waals surface area contributed by atoms with Gasteiger partial charge in [-0.15, -0.1) is 0 Å². The second kappa shape index (κ2) is 42.8. The molecule has 0 saturated carbocycles. The van der Waals surface area contributed by atoms with Crippen molar-refractivity contribution < 1.29 is 71.4 Å². The quantitative estimate of drug-likeness (QED) is 0.483. The molecule has 0 saturated heterocycles. The van der Waals surface area contributed by atoms with Crippen LogP contribution in [0.25, 0.3) is 0 Å². The zero-order valence-electron chi connectivity index (χ0n) is 5.15. The molecule has 0 aliphatic rings. The van der Waals surface area contributed by atoms with Crippen molar-refractivity contribution in [1.82, 2.24) is 0 Å². The molecule has 0 aliphatic carbocycles. The summed E-state index contributed by atoms with van der Waals surface area (Å²) in [6.07, 6.45) is 0. The molecule has 0 N–H and O–H groups in total. The monoisotopic (exact) mass is 283 g/mol. The van der Waals surface area contributed by atoms with Crippen molar-refractivity contribution in [3.05, 3.63) is 0 Å². The number of rotatable bonds is 0. The summed E-state index contributed by atoms with van der Waals surface area (Å²) in [4.78, 5) is 0. The maximum Gasteiger partial charge on any atom is 2.00 e. The zero-order valence-corrected chi connectivity index (χ0v) is 11.1. The van der Waals surface area contributed by atoms with Crippen molar-refractivity contribution in [1.29, 1.82) is 0 Å². The Kier molecular flexibility index (Phi) is 446. The van der Waals surface area contributed by atoms with Crippen molar-refractivity contribution in [2.75, 3.05) is 0 Å². The summed E-state index contributed by atoms with van der Waals surface area (Å²) in [5.41, 5.74) is 0. The van der Waals surface area contributed by atoms with E-state index in [0.29, 0.717) is 0 Å². The minimum absolute atomic E-state index is 0. The number of hydrogen-bond acceptors (Lipinski definition) is 0. The largest absolute Gasteiger partial charge is 2.00 e. The Hall–Kier alpha value is 3.07. The van der Waals surface area contributed by atoms with E-state index in [1.54, 1.807) is 0 Å². The second-order valence-corrected chi connectivity index (χ2v) is 0. The van der Waals surface area contributed by atoms with Crippen molar-refractivity contribution >= 4 is 34.0 Å². The molecular weight excluding hydrogens is 279 g/mol. The van der Waals surface area contributed by atoms with E-state index in [1.807, 2.05) is 0 Å². The van der Waals surface area contributed by atoms with E-state index in [-0.39, 0.29) is 105 Å². The SMILES string of the molecule is [Cr].[Cu].[Fe].[H-].[H-].[Mg+2].[Mn].[SiH3]. The fourth-order valence-electron chi connectivity index (χ4n) is 0. The van der Waals surface area contributed by atoms with Crippen LogP contribution in [0.5, 0.6) is 0 Å². The molecule has 0 atom stereocenters.